The smallest absolute Gasteiger partial charge is 0.123 e. The highest BCUT2D eigenvalue weighted by molar-refractivity contribution is 7.08. The Labute approximate surface area is 657 Å². The standard InChI is InChI=1S/C11H16.C9H11F.C9H14O.C9H18.C8H13N.C8H17N.C7H15NO.C7H10O.C7H10S.2C7H16.C6H9NS/c1-10(2)8-9-11-6-4-3-5-7-11;1-7(2)8-3-5-9(10)6-4-8;1-6(2)9-5-7(3)10-8(9)4;1-8(2)9-6-4-3-5-7-9;1-7(2)8-5-4-6-9(8)3;1-8(2)9-6-4-3-5-7-9;1-7(2)8-3-5-9-6-4-8;1-6(2)7-4-3-5-8-7;1-6(2)7-3-4-8-5-7;1-6(2)7(3,4)5;1-6(2)5-7(3)4;1-5(2)6-3-8-4-7-6/h3-7,10H,8-9H2,1-2H3;3-7H,1-2H3;5-6H,1-4H3;8-9H,3-7H2,1-2H3;4-7H,1-3H3;8H,3-7H2,1-2H3;7H,3-6H2,1-2H3;2*3-6H,1-2H3;6H,1-5H3;6-7H,5H2,1-4H3;3-5H,1-2H3. The van der Waals surface area contributed by atoms with Gasteiger partial charge in [-0.15, -0.1) is 11.3 Å². The number of nitrogens with zero attached hydrogens (tertiary/aromatic N) is 4. The minimum atomic E-state index is -0.163. The van der Waals surface area contributed by atoms with Crippen LogP contribution in [0.3, 0.4) is 0 Å². The van der Waals surface area contributed by atoms with Crippen LogP contribution in [0.15, 0.2) is 134 Å². The highest BCUT2D eigenvalue weighted by Crippen LogP contribution is 2.30. The van der Waals surface area contributed by atoms with E-state index in [1.54, 1.807) is 28.9 Å². The molecule has 10 heteroatoms. The van der Waals surface area contributed by atoms with E-state index < -0.39 is 0 Å². The fourth-order valence-corrected chi connectivity index (χ4v) is 12.8. The molecule has 0 amide bonds. The van der Waals surface area contributed by atoms with Crippen molar-refractivity contribution in [1.82, 2.24) is 19.4 Å². The van der Waals surface area contributed by atoms with E-state index in [0.717, 1.165) is 85.1 Å². The summed E-state index contributed by atoms with van der Waals surface area (Å²) in [4.78, 5) is 9.13. The van der Waals surface area contributed by atoms with Crippen molar-refractivity contribution in [3.63, 3.8) is 0 Å². The van der Waals surface area contributed by atoms with Gasteiger partial charge in [0.2, 0.25) is 0 Å². The van der Waals surface area contributed by atoms with E-state index in [4.69, 9.17) is 13.6 Å². The van der Waals surface area contributed by atoms with Crippen LogP contribution in [0.1, 0.15) is 351 Å². The Morgan fingerprint density at radius 3 is 1.34 bits per heavy atom. The van der Waals surface area contributed by atoms with Gasteiger partial charge in [-0.25, -0.2) is 9.37 Å². The molecule has 0 spiro atoms. The minimum absolute atomic E-state index is 0.163. The number of hydrogen-bond donors (Lipinski definition) is 0. The monoisotopic (exact) mass is 1490 g/mol. The molecular formula is C95H165FN4O3S2. The Kier molecular flexibility index (Phi) is 58.8. The van der Waals surface area contributed by atoms with E-state index in [2.05, 4.69) is 304 Å². The van der Waals surface area contributed by atoms with Crippen molar-refractivity contribution in [3.8, 4) is 0 Å². The van der Waals surface area contributed by atoms with Crippen LogP contribution in [-0.2, 0) is 18.2 Å². The lowest BCUT2D eigenvalue weighted by Gasteiger charge is -2.29. The second-order valence-corrected chi connectivity index (χ2v) is 35.9. The molecule has 7 nitrogen and oxygen atoms in total. The molecular weight excluding hydrogens is 1330 g/mol. The Balaban J connectivity index is 0. The molecule has 2 aromatic carbocycles. The molecule has 105 heavy (non-hydrogen) atoms. The molecule has 1 aliphatic carbocycles. The summed E-state index contributed by atoms with van der Waals surface area (Å²) in [5.74, 6) is 11.8. The summed E-state index contributed by atoms with van der Waals surface area (Å²) in [5.41, 5.74) is 10.4. The number of likely N-dealkylation sites (tertiary alicyclic amines) is 1. The quantitative estimate of drug-likeness (QED) is 0.108. The van der Waals surface area contributed by atoms with Gasteiger partial charge in [0.15, 0.2) is 0 Å². The topological polar surface area (TPSA) is 59.8 Å². The third-order valence-corrected chi connectivity index (χ3v) is 20.5. The molecule has 7 heterocycles. The van der Waals surface area contributed by atoms with Crippen molar-refractivity contribution in [2.24, 2.45) is 48.0 Å². The molecule has 3 fully saturated rings. The second-order valence-electron chi connectivity index (χ2n) is 34.4. The van der Waals surface area contributed by atoms with Crippen LogP contribution >= 0.6 is 22.7 Å². The number of piperidine rings is 1. The largest absolute Gasteiger partial charge is 0.469 e. The third kappa shape index (κ3) is 54.6. The van der Waals surface area contributed by atoms with Gasteiger partial charge in [0.1, 0.15) is 23.1 Å². The Hall–Kier alpha value is -4.58. The average Bonchev–Trinajstić information content (AvgIpc) is 1.76. The number of ether oxygens (including phenoxy) is 1. The zero-order valence-corrected chi connectivity index (χ0v) is 75.6. The summed E-state index contributed by atoms with van der Waals surface area (Å²) in [6.07, 6.45) is 19.4. The normalized spacial score (nSPS) is 13.9. The van der Waals surface area contributed by atoms with Gasteiger partial charge >= 0.3 is 0 Å². The highest BCUT2D eigenvalue weighted by Gasteiger charge is 2.17. The lowest BCUT2D eigenvalue weighted by Crippen LogP contribution is -2.40. The predicted octanol–water partition coefficient (Wildman–Crippen LogP) is 30.1. The molecule has 10 rings (SSSR count). The number of aryl methyl sites for hydroxylation is 4. The van der Waals surface area contributed by atoms with Gasteiger partial charge in [-0.2, -0.15) is 11.3 Å². The SMILES string of the molecule is CC(C)C(C)(C)C.CC(C)C1CCCCC1.CC(C)CC(C)C.CC(C)CCc1ccccc1.CC(C)N1CCCCC1.CC(C)N1CCOCC1.CC(C)c1ccc(F)cc1.CC(C)c1cccn1C.CC(C)c1ccco1.CC(C)c1ccsc1.CC(C)c1cscn1.Cc1cc(C(C)C)c(C)o1. The molecule has 0 unspecified atom stereocenters. The van der Waals surface area contributed by atoms with Gasteiger partial charge in [0.05, 0.1) is 30.7 Å². The summed E-state index contributed by atoms with van der Waals surface area (Å²) < 4.78 is 30.2. The number of hydrogen-bond acceptors (Lipinski definition) is 8. The van der Waals surface area contributed by atoms with Crippen molar-refractivity contribution in [1.29, 1.82) is 0 Å². The number of thiophene rings is 1. The molecule has 0 radical (unpaired) electrons. The summed E-state index contributed by atoms with van der Waals surface area (Å²) >= 11 is 3.42. The number of rotatable bonds is 14. The maximum absolute atomic E-state index is 12.4. The highest BCUT2D eigenvalue weighted by atomic mass is 32.1. The fraction of sp³-hybridized carbons (Fsp3) is 0.674. The van der Waals surface area contributed by atoms with Crippen LogP contribution in [0.5, 0.6) is 0 Å². The minimum Gasteiger partial charge on any atom is -0.469 e. The zero-order valence-electron chi connectivity index (χ0n) is 73.9. The average molecular weight is 1490 g/mol. The first-order valence-corrected chi connectivity index (χ1v) is 43.1. The van der Waals surface area contributed by atoms with E-state index >= 15 is 0 Å². The first-order valence-electron chi connectivity index (χ1n) is 41.2. The van der Waals surface area contributed by atoms with Crippen molar-refractivity contribution < 1.29 is 18.0 Å². The maximum atomic E-state index is 12.4. The van der Waals surface area contributed by atoms with Crippen LogP contribution in [0.25, 0.3) is 0 Å². The summed E-state index contributed by atoms with van der Waals surface area (Å²) in [5, 5.41) is 6.41. The van der Waals surface area contributed by atoms with Crippen LogP contribution in [-0.4, -0.2) is 70.8 Å². The van der Waals surface area contributed by atoms with Gasteiger partial charge < -0.3 is 23.0 Å². The second kappa shape index (κ2) is 60.3. The van der Waals surface area contributed by atoms with Gasteiger partial charge in [0, 0.05) is 55.4 Å². The molecule has 0 atom stereocenters. The molecule has 5 aromatic heterocycles. The van der Waals surface area contributed by atoms with Crippen LogP contribution in [0, 0.1) is 60.6 Å². The molecule has 602 valence electrons. The van der Waals surface area contributed by atoms with Crippen LogP contribution in [0.2, 0.25) is 0 Å². The molecule has 7 aromatic rings. The first kappa shape index (κ1) is 102. The Morgan fingerprint density at radius 1 is 0.533 bits per heavy atom. The molecule has 3 aliphatic rings. The summed E-state index contributed by atoms with van der Waals surface area (Å²) in [6, 6.07) is 31.2. The number of morpholine rings is 1. The van der Waals surface area contributed by atoms with Crippen LogP contribution in [0.4, 0.5) is 4.39 Å². The van der Waals surface area contributed by atoms with Gasteiger partial charge in [-0.05, 0) is 239 Å². The van der Waals surface area contributed by atoms with E-state index in [1.165, 1.54) is 129 Å². The predicted molar refractivity (Wildman–Crippen MR) is 467 cm³/mol. The lowest BCUT2D eigenvalue weighted by atomic mass is 9.82. The van der Waals surface area contributed by atoms with E-state index in [1.807, 2.05) is 43.6 Å². The number of benzene rings is 2. The number of aromatic nitrogens is 2. The van der Waals surface area contributed by atoms with Gasteiger partial charge in [-0.1, -0.05) is 254 Å². The third-order valence-electron chi connectivity index (χ3n) is 19.2. The van der Waals surface area contributed by atoms with Crippen molar-refractivity contribution in [2.45, 2.75) is 333 Å². The number of thiazole rings is 1. The molecule has 2 saturated heterocycles. The zero-order chi connectivity index (χ0) is 80.2. The molecule has 1 saturated carbocycles. The summed E-state index contributed by atoms with van der Waals surface area (Å²) in [6.45, 7) is 75.2. The van der Waals surface area contributed by atoms with Gasteiger partial charge in [-0.3, -0.25) is 4.90 Å². The summed E-state index contributed by atoms with van der Waals surface area (Å²) in [7, 11) is 2.08. The number of halogens is 1. The van der Waals surface area contributed by atoms with Crippen LogP contribution < -0.4 is 0 Å². The molecule has 2 aliphatic heterocycles. The fourth-order valence-electron chi connectivity index (χ4n) is 11.2. The van der Waals surface area contributed by atoms with Gasteiger partial charge in [0.25, 0.3) is 0 Å². The lowest BCUT2D eigenvalue weighted by molar-refractivity contribution is 0.0238. The van der Waals surface area contributed by atoms with E-state index in [0.29, 0.717) is 47.0 Å². The van der Waals surface area contributed by atoms with Crippen molar-refractivity contribution in [2.75, 3.05) is 39.4 Å². The van der Waals surface area contributed by atoms with E-state index in [9.17, 15) is 4.39 Å². The molecule has 0 N–H and O–H groups in total. The van der Waals surface area contributed by atoms with E-state index in [-0.39, 0.29) is 5.82 Å². The Morgan fingerprint density at radius 2 is 1.07 bits per heavy atom. The van der Waals surface area contributed by atoms with Crippen molar-refractivity contribution >= 4 is 22.7 Å². The van der Waals surface area contributed by atoms with Crippen molar-refractivity contribution in [3.05, 3.63) is 182 Å². The molecule has 0 bridgehead atoms. The number of furan rings is 2. The maximum Gasteiger partial charge on any atom is 0.123 e. The first-order chi connectivity index (χ1) is 49.2. The Bertz CT molecular complexity index is 2790.